The molecule has 0 aliphatic carbocycles. The monoisotopic (exact) mass is 621 g/mol. The van der Waals surface area contributed by atoms with Gasteiger partial charge in [-0.1, -0.05) is 18.2 Å². The minimum absolute atomic E-state index is 0.105. The van der Waals surface area contributed by atoms with E-state index in [0.29, 0.717) is 47.2 Å². The van der Waals surface area contributed by atoms with E-state index in [1.807, 2.05) is 37.3 Å². The molecule has 46 heavy (non-hydrogen) atoms. The smallest absolute Gasteiger partial charge is 0.307 e. The fraction of sp³-hybridized carbons (Fsp3) is 0.189. The van der Waals surface area contributed by atoms with Crippen LogP contribution in [-0.4, -0.2) is 23.3 Å². The van der Waals surface area contributed by atoms with E-state index < -0.39 is 5.91 Å². The van der Waals surface area contributed by atoms with Crippen LogP contribution in [0.1, 0.15) is 51.3 Å². The van der Waals surface area contributed by atoms with Crippen molar-refractivity contribution in [3.63, 3.8) is 0 Å². The molecule has 0 aliphatic heterocycles. The summed E-state index contributed by atoms with van der Waals surface area (Å²) in [4.78, 5) is 12.7. The van der Waals surface area contributed by atoms with Gasteiger partial charge in [-0.25, -0.2) is 9.82 Å². The third-order valence-corrected chi connectivity index (χ3v) is 7.10. The van der Waals surface area contributed by atoms with Gasteiger partial charge >= 0.3 is 5.91 Å². The molecule has 8 nitrogen and oxygen atoms in total. The molecule has 0 saturated heterocycles. The molecule has 1 amide bonds. The number of halogens is 1. The number of rotatable bonds is 14. The van der Waals surface area contributed by atoms with E-state index in [2.05, 4.69) is 47.7 Å². The van der Waals surface area contributed by atoms with Crippen molar-refractivity contribution in [3.05, 3.63) is 143 Å². The molecule has 9 heteroatoms. The number of nitrogens with one attached hydrogen (secondary N) is 1. The number of hydrogen-bond acceptors (Lipinski definition) is 6. The maximum atomic E-state index is 13.6. The molecule has 1 N–H and O–H groups in total. The molecule has 5 rings (SSSR count). The van der Waals surface area contributed by atoms with Crippen LogP contribution in [0.25, 0.3) is 5.69 Å². The van der Waals surface area contributed by atoms with Crippen LogP contribution in [0.5, 0.6) is 17.2 Å². The SMILES string of the molecule is C=CCc1cc(/C=N/NC(=O)c2ccc(COc3ccc(-n4c(C)ccc4C)cc3)o2)cc(OCC)c1OCc1cccc(F)c1. The summed E-state index contributed by atoms with van der Waals surface area (Å²) in [5.74, 6) is 1.50. The maximum Gasteiger partial charge on any atom is 0.307 e. The standard InChI is InChI=1S/C37H36FN3O5/c1-5-8-29-19-28(21-35(43-6-2)36(29)45-23-27-9-7-10-30(38)20-27)22-39-40-37(42)34-18-17-33(46-34)24-44-32-15-13-31(14-16-32)41-25(3)11-12-26(41)4/h5,7,9-22H,1,6,8,23-24H2,2-4H3,(H,40,42)/b39-22+. The van der Waals surface area contributed by atoms with E-state index in [1.165, 1.54) is 18.3 Å². The number of ether oxygens (including phenoxy) is 3. The predicted octanol–water partition coefficient (Wildman–Crippen LogP) is 7.88. The van der Waals surface area contributed by atoms with Crippen LogP contribution >= 0.6 is 0 Å². The molecule has 236 valence electrons. The van der Waals surface area contributed by atoms with Gasteiger partial charge in [-0.05, 0) is 111 Å². The van der Waals surface area contributed by atoms with Crippen LogP contribution in [0, 0.1) is 19.7 Å². The highest BCUT2D eigenvalue weighted by Gasteiger charge is 2.15. The van der Waals surface area contributed by atoms with Crippen molar-refractivity contribution >= 4 is 12.1 Å². The number of aryl methyl sites for hydroxylation is 2. The first kappa shape index (κ1) is 31.8. The van der Waals surface area contributed by atoms with Crippen molar-refractivity contribution < 1.29 is 27.8 Å². The summed E-state index contributed by atoms with van der Waals surface area (Å²) in [6.45, 7) is 10.6. The minimum atomic E-state index is -0.504. The van der Waals surface area contributed by atoms with Crippen molar-refractivity contribution in [1.82, 2.24) is 9.99 Å². The number of nitrogens with zero attached hydrogens (tertiary/aromatic N) is 2. The lowest BCUT2D eigenvalue weighted by atomic mass is 10.1. The Bertz CT molecular complexity index is 1820. The summed E-state index contributed by atoms with van der Waals surface area (Å²) >= 11 is 0. The zero-order chi connectivity index (χ0) is 32.5. The molecule has 0 saturated carbocycles. The van der Waals surface area contributed by atoms with Gasteiger partial charge in [0, 0.05) is 22.6 Å². The van der Waals surface area contributed by atoms with E-state index in [0.717, 1.165) is 22.6 Å². The Morgan fingerprint density at radius 3 is 2.46 bits per heavy atom. The first-order valence-electron chi connectivity index (χ1n) is 14.9. The third kappa shape index (κ3) is 7.92. The molecule has 0 bridgehead atoms. The van der Waals surface area contributed by atoms with Gasteiger partial charge in [0.2, 0.25) is 0 Å². The van der Waals surface area contributed by atoms with Gasteiger partial charge in [0.25, 0.3) is 0 Å². The van der Waals surface area contributed by atoms with Gasteiger partial charge in [0.1, 0.15) is 30.5 Å². The molecule has 2 heterocycles. The Hall–Kier alpha value is -5.57. The van der Waals surface area contributed by atoms with Crippen molar-refractivity contribution in [1.29, 1.82) is 0 Å². The largest absolute Gasteiger partial charge is 0.490 e. The van der Waals surface area contributed by atoms with E-state index >= 15 is 0 Å². The average Bonchev–Trinajstić information content (AvgIpc) is 3.66. The molecular formula is C37H36FN3O5. The quantitative estimate of drug-likeness (QED) is 0.0775. The highest BCUT2D eigenvalue weighted by atomic mass is 19.1. The van der Waals surface area contributed by atoms with Gasteiger partial charge in [-0.3, -0.25) is 4.79 Å². The van der Waals surface area contributed by atoms with Crippen molar-refractivity contribution in [2.24, 2.45) is 5.10 Å². The van der Waals surface area contributed by atoms with E-state index in [-0.39, 0.29) is 24.8 Å². The Kier molecular flexibility index (Phi) is 10.3. The summed E-state index contributed by atoms with van der Waals surface area (Å²) in [6.07, 6.45) is 3.76. The van der Waals surface area contributed by atoms with Gasteiger partial charge in [0.05, 0.1) is 12.8 Å². The molecule has 2 aromatic heterocycles. The van der Waals surface area contributed by atoms with Crippen molar-refractivity contribution in [3.8, 4) is 22.9 Å². The second kappa shape index (κ2) is 14.9. The summed E-state index contributed by atoms with van der Waals surface area (Å²) in [5.41, 5.74) is 8.06. The summed E-state index contributed by atoms with van der Waals surface area (Å²) < 4.78 is 39.3. The van der Waals surface area contributed by atoms with E-state index in [9.17, 15) is 9.18 Å². The molecule has 0 fully saturated rings. The highest BCUT2D eigenvalue weighted by molar-refractivity contribution is 5.92. The molecular weight excluding hydrogens is 585 g/mol. The highest BCUT2D eigenvalue weighted by Crippen LogP contribution is 2.34. The number of furan rings is 1. The lowest BCUT2D eigenvalue weighted by Gasteiger charge is -2.17. The van der Waals surface area contributed by atoms with Crippen LogP contribution in [0.15, 0.2) is 107 Å². The number of carbonyl (C=O) groups is 1. The number of amides is 1. The van der Waals surface area contributed by atoms with Crippen molar-refractivity contribution in [2.75, 3.05) is 6.61 Å². The minimum Gasteiger partial charge on any atom is -0.490 e. The fourth-order valence-electron chi connectivity index (χ4n) is 4.99. The second-order valence-corrected chi connectivity index (χ2v) is 10.6. The molecule has 3 aromatic carbocycles. The topological polar surface area (TPSA) is 87.2 Å². The Morgan fingerprint density at radius 1 is 0.957 bits per heavy atom. The first-order valence-corrected chi connectivity index (χ1v) is 14.9. The number of aromatic nitrogens is 1. The van der Waals surface area contributed by atoms with Crippen LogP contribution < -0.4 is 19.6 Å². The third-order valence-electron chi connectivity index (χ3n) is 7.10. The van der Waals surface area contributed by atoms with Gasteiger partial charge in [0.15, 0.2) is 17.3 Å². The number of hydrogen-bond donors (Lipinski definition) is 1. The normalized spacial score (nSPS) is 11.0. The molecule has 0 radical (unpaired) electrons. The average molecular weight is 622 g/mol. The first-order chi connectivity index (χ1) is 22.3. The van der Waals surface area contributed by atoms with Gasteiger partial charge in [-0.2, -0.15) is 5.10 Å². The van der Waals surface area contributed by atoms with E-state index in [1.54, 1.807) is 36.4 Å². The van der Waals surface area contributed by atoms with Crippen LogP contribution in [0.3, 0.4) is 0 Å². The molecule has 0 unspecified atom stereocenters. The molecule has 0 atom stereocenters. The predicted molar refractivity (Wildman–Crippen MR) is 176 cm³/mol. The van der Waals surface area contributed by atoms with E-state index in [4.69, 9.17) is 18.6 Å². The second-order valence-electron chi connectivity index (χ2n) is 10.6. The zero-order valence-electron chi connectivity index (χ0n) is 26.1. The van der Waals surface area contributed by atoms with Gasteiger partial charge < -0.3 is 23.2 Å². The van der Waals surface area contributed by atoms with Crippen LogP contribution in [0.2, 0.25) is 0 Å². The lowest BCUT2D eigenvalue weighted by Crippen LogP contribution is -2.16. The Balaban J connectivity index is 1.19. The number of carbonyl (C=O) groups excluding carboxylic acids is 1. The molecule has 0 spiro atoms. The molecule has 5 aromatic rings. The summed E-state index contributed by atoms with van der Waals surface area (Å²) in [7, 11) is 0. The summed E-state index contributed by atoms with van der Waals surface area (Å²) in [6, 6.07) is 25.1. The number of allylic oxidation sites excluding steroid dienone is 1. The zero-order valence-corrected chi connectivity index (χ0v) is 26.1. The maximum absolute atomic E-state index is 13.6. The fourth-order valence-corrected chi connectivity index (χ4v) is 4.99. The Morgan fingerprint density at radius 2 is 1.74 bits per heavy atom. The lowest BCUT2D eigenvalue weighted by molar-refractivity contribution is 0.0923. The number of benzene rings is 3. The Labute approximate surface area is 267 Å². The van der Waals surface area contributed by atoms with Crippen LogP contribution in [-0.2, 0) is 19.6 Å². The van der Waals surface area contributed by atoms with Crippen LogP contribution in [0.4, 0.5) is 4.39 Å². The number of hydrazone groups is 1. The van der Waals surface area contributed by atoms with Crippen molar-refractivity contribution in [2.45, 2.75) is 40.4 Å². The summed E-state index contributed by atoms with van der Waals surface area (Å²) in [5, 5.41) is 4.12. The molecule has 0 aliphatic rings. The van der Waals surface area contributed by atoms with Gasteiger partial charge in [-0.15, -0.1) is 6.58 Å².